The van der Waals surface area contributed by atoms with Gasteiger partial charge in [-0.2, -0.15) is 0 Å². The standard InChI is InChI=1S/C23H25NO6/c1-2-29-22-17(13-25)7-3-8-18(22)23(28)24-11-5-6-16(12-24)15-30-21-10-4-9-20(27)19(21)14-26/h3-4,7-10,13-14,16,27H,2,5-6,11-12,15H2,1H3. The lowest BCUT2D eigenvalue weighted by Gasteiger charge is -2.33. The fourth-order valence-electron chi connectivity index (χ4n) is 3.66. The summed E-state index contributed by atoms with van der Waals surface area (Å²) in [6, 6.07) is 9.65. The molecule has 7 heteroatoms. The number of phenols is 1. The van der Waals surface area contributed by atoms with Crippen LogP contribution in [0.1, 0.15) is 50.8 Å². The van der Waals surface area contributed by atoms with Crippen molar-refractivity contribution in [2.45, 2.75) is 19.8 Å². The summed E-state index contributed by atoms with van der Waals surface area (Å²) in [5.74, 6) is 0.410. The van der Waals surface area contributed by atoms with Crippen molar-refractivity contribution in [1.82, 2.24) is 4.90 Å². The van der Waals surface area contributed by atoms with Gasteiger partial charge in [0.15, 0.2) is 12.6 Å². The van der Waals surface area contributed by atoms with Crippen molar-refractivity contribution in [3.63, 3.8) is 0 Å². The minimum Gasteiger partial charge on any atom is -0.507 e. The predicted molar refractivity (Wildman–Crippen MR) is 111 cm³/mol. The van der Waals surface area contributed by atoms with E-state index in [4.69, 9.17) is 9.47 Å². The maximum Gasteiger partial charge on any atom is 0.257 e. The van der Waals surface area contributed by atoms with Gasteiger partial charge in [-0.25, -0.2) is 0 Å². The first-order valence-electron chi connectivity index (χ1n) is 9.99. The second-order valence-electron chi connectivity index (χ2n) is 7.15. The van der Waals surface area contributed by atoms with E-state index in [1.807, 2.05) is 0 Å². The first-order chi connectivity index (χ1) is 14.6. The molecule has 1 aliphatic rings. The number of aldehydes is 2. The fraction of sp³-hybridized carbons (Fsp3) is 0.348. The Morgan fingerprint density at radius 2 is 1.97 bits per heavy atom. The van der Waals surface area contributed by atoms with Gasteiger partial charge in [0.25, 0.3) is 5.91 Å². The van der Waals surface area contributed by atoms with Crippen LogP contribution in [0.5, 0.6) is 17.2 Å². The third kappa shape index (κ3) is 4.62. The Balaban J connectivity index is 1.71. The number of likely N-dealkylation sites (tertiary alicyclic amines) is 1. The predicted octanol–water partition coefficient (Wildman–Crippen LogP) is 3.35. The summed E-state index contributed by atoms with van der Waals surface area (Å²) < 4.78 is 11.4. The number of nitrogens with zero attached hydrogens (tertiary/aromatic N) is 1. The van der Waals surface area contributed by atoms with Gasteiger partial charge in [0.1, 0.15) is 17.2 Å². The summed E-state index contributed by atoms with van der Waals surface area (Å²) in [4.78, 5) is 37.4. The number of aromatic hydroxyl groups is 1. The van der Waals surface area contributed by atoms with Crippen molar-refractivity contribution in [3.05, 3.63) is 53.1 Å². The summed E-state index contributed by atoms with van der Waals surface area (Å²) in [5, 5.41) is 9.78. The Bertz CT molecular complexity index is 926. The third-order valence-corrected chi connectivity index (χ3v) is 5.13. The molecule has 0 radical (unpaired) electrons. The van der Waals surface area contributed by atoms with E-state index >= 15 is 0 Å². The number of rotatable bonds is 8. The molecule has 1 saturated heterocycles. The maximum atomic E-state index is 13.1. The van der Waals surface area contributed by atoms with Crippen molar-refractivity contribution >= 4 is 18.5 Å². The van der Waals surface area contributed by atoms with Crippen LogP contribution in [0.25, 0.3) is 0 Å². The number of piperidine rings is 1. The van der Waals surface area contributed by atoms with Crippen molar-refractivity contribution in [1.29, 1.82) is 0 Å². The first-order valence-corrected chi connectivity index (χ1v) is 9.99. The molecule has 0 bridgehead atoms. The monoisotopic (exact) mass is 411 g/mol. The Morgan fingerprint density at radius 1 is 1.17 bits per heavy atom. The lowest BCUT2D eigenvalue weighted by Crippen LogP contribution is -2.41. The molecule has 1 amide bonds. The number of hydrogen-bond donors (Lipinski definition) is 1. The zero-order chi connectivity index (χ0) is 21.5. The van der Waals surface area contributed by atoms with Gasteiger partial charge in [-0.3, -0.25) is 14.4 Å². The number of ether oxygens (including phenoxy) is 2. The minimum absolute atomic E-state index is 0.0781. The molecule has 3 rings (SSSR count). The molecular formula is C23H25NO6. The molecule has 30 heavy (non-hydrogen) atoms. The van der Waals surface area contributed by atoms with Gasteiger partial charge >= 0.3 is 0 Å². The van der Waals surface area contributed by atoms with E-state index in [-0.39, 0.29) is 23.1 Å². The van der Waals surface area contributed by atoms with Gasteiger partial charge in [-0.1, -0.05) is 12.1 Å². The van der Waals surface area contributed by atoms with E-state index in [0.29, 0.717) is 61.5 Å². The quantitative estimate of drug-likeness (QED) is 0.670. The smallest absolute Gasteiger partial charge is 0.257 e. The molecule has 1 aliphatic heterocycles. The normalized spacial score (nSPS) is 16.0. The third-order valence-electron chi connectivity index (χ3n) is 5.13. The van der Waals surface area contributed by atoms with Crippen LogP contribution in [0.4, 0.5) is 0 Å². The molecule has 1 unspecified atom stereocenters. The molecular weight excluding hydrogens is 386 g/mol. The van der Waals surface area contributed by atoms with E-state index in [1.54, 1.807) is 42.2 Å². The average Bonchev–Trinajstić information content (AvgIpc) is 2.77. The van der Waals surface area contributed by atoms with Gasteiger partial charge < -0.3 is 19.5 Å². The van der Waals surface area contributed by atoms with E-state index in [0.717, 1.165) is 12.8 Å². The van der Waals surface area contributed by atoms with Crippen LogP contribution in [0.2, 0.25) is 0 Å². The molecule has 0 aromatic heterocycles. The molecule has 1 atom stereocenters. The maximum absolute atomic E-state index is 13.1. The van der Waals surface area contributed by atoms with Crippen LogP contribution in [0, 0.1) is 5.92 Å². The largest absolute Gasteiger partial charge is 0.507 e. The first kappa shape index (κ1) is 21.4. The molecule has 0 spiro atoms. The van der Waals surface area contributed by atoms with Gasteiger partial charge in [0, 0.05) is 19.0 Å². The molecule has 158 valence electrons. The second kappa shape index (κ2) is 9.91. The molecule has 2 aromatic carbocycles. The highest BCUT2D eigenvalue weighted by molar-refractivity contribution is 5.99. The van der Waals surface area contributed by atoms with E-state index in [9.17, 15) is 19.5 Å². The highest BCUT2D eigenvalue weighted by atomic mass is 16.5. The van der Waals surface area contributed by atoms with Crippen LogP contribution in [0.15, 0.2) is 36.4 Å². The molecule has 1 heterocycles. The lowest BCUT2D eigenvalue weighted by molar-refractivity contribution is 0.0629. The Hall–Kier alpha value is -3.35. The SMILES string of the molecule is CCOc1c(C=O)cccc1C(=O)N1CCCC(COc2cccc(O)c2C=O)C1. The second-order valence-corrected chi connectivity index (χ2v) is 7.15. The number of hydrogen-bond acceptors (Lipinski definition) is 6. The zero-order valence-corrected chi connectivity index (χ0v) is 16.9. The highest BCUT2D eigenvalue weighted by Crippen LogP contribution is 2.29. The van der Waals surface area contributed by atoms with Gasteiger partial charge in [0.05, 0.1) is 29.9 Å². The van der Waals surface area contributed by atoms with Gasteiger partial charge in [-0.05, 0) is 44.0 Å². The summed E-state index contributed by atoms with van der Waals surface area (Å²) in [6.07, 6.45) is 2.95. The van der Waals surface area contributed by atoms with Crippen molar-refractivity contribution in [2.24, 2.45) is 5.92 Å². The Kier molecular flexibility index (Phi) is 7.06. The summed E-state index contributed by atoms with van der Waals surface area (Å²) in [6.45, 7) is 3.58. The summed E-state index contributed by atoms with van der Waals surface area (Å²) in [5.41, 5.74) is 0.845. The van der Waals surface area contributed by atoms with Crippen LogP contribution in [0.3, 0.4) is 0 Å². The van der Waals surface area contributed by atoms with Crippen LogP contribution < -0.4 is 9.47 Å². The molecule has 0 aliphatic carbocycles. The summed E-state index contributed by atoms with van der Waals surface area (Å²) in [7, 11) is 0. The van der Waals surface area contributed by atoms with Crippen molar-refractivity contribution in [3.8, 4) is 17.2 Å². The number of carbonyl (C=O) groups excluding carboxylic acids is 3. The average molecular weight is 411 g/mol. The van der Waals surface area contributed by atoms with E-state index < -0.39 is 0 Å². The summed E-state index contributed by atoms with van der Waals surface area (Å²) >= 11 is 0. The molecule has 0 saturated carbocycles. The Morgan fingerprint density at radius 3 is 2.70 bits per heavy atom. The number of carbonyl (C=O) groups is 3. The highest BCUT2D eigenvalue weighted by Gasteiger charge is 2.27. The molecule has 7 nitrogen and oxygen atoms in total. The number of phenolic OH excluding ortho intramolecular Hbond substituents is 1. The van der Waals surface area contributed by atoms with Crippen LogP contribution in [-0.2, 0) is 0 Å². The number of benzene rings is 2. The molecule has 1 N–H and O–H groups in total. The Labute approximate surface area is 175 Å². The lowest BCUT2D eigenvalue weighted by atomic mass is 9.97. The number of para-hydroxylation sites is 1. The molecule has 2 aromatic rings. The van der Waals surface area contributed by atoms with E-state index in [2.05, 4.69) is 0 Å². The van der Waals surface area contributed by atoms with Crippen molar-refractivity contribution < 1.29 is 29.0 Å². The van der Waals surface area contributed by atoms with Gasteiger partial charge in [0.2, 0.25) is 0 Å². The zero-order valence-electron chi connectivity index (χ0n) is 16.9. The minimum atomic E-state index is -0.183. The van der Waals surface area contributed by atoms with Crippen molar-refractivity contribution in [2.75, 3.05) is 26.3 Å². The van der Waals surface area contributed by atoms with E-state index in [1.165, 1.54) is 6.07 Å². The van der Waals surface area contributed by atoms with Crippen LogP contribution in [-0.4, -0.2) is 54.8 Å². The number of amides is 1. The van der Waals surface area contributed by atoms with Gasteiger partial charge in [-0.15, -0.1) is 0 Å². The topological polar surface area (TPSA) is 93.1 Å². The fourth-order valence-corrected chi connectivity index (χ4v) is 3.66. The molecule has 1 fully saturated rings. The van der Waals surface area contributed by atoms with Crippen LogP contribution >= 0.6 is 0 Å².